The van der Waals surface area contributed by atoms with Gasteiger partial charge in [-0.1, -0.05) is 42.5 Å². The van der Waals surface area contributed by atoms with Crippen LogP contribution in [0.25, 0.3) is 0 Å². The molecule has 132 valence electrons. The molecule has 2 aromatic rings. The Kier molecular flexibility index (Phi) is 5.71. The van der Waals surface area contributed by atoms with Crippen LogP contribution in [0.5, 0.6) is 5.75 Å². The van der Waals surface area contributed by atoms with E-state index in [0.717, 1.165) is 23.2 Å². The van der Waals surface area contributed by atoms with Gasteiger partial charge < -0.3 is 10.1 Å². The quantitative estimate of drug-likeness (QED) is 0.889. The number of aryl methyl sites for hydroxylation is 2. The molecule has 1 heterocycles. The van der Waals surface area contributed by atoms with Crippen molar-refractivity contribution >= 4 is 6.09 Å². The molecular formula is C21H26N2O2. The first-order chi connectivity index (χ1) is 12.1. The van der Waals surface area contributed by atoms with Crippen molar-refractivity contribution in [3.8, 4) is 5.75 Å². The SMILES string of the molecule is Cc1cccc(C)c1OC(=O)NCc1cccc(CN2CCCC2)c1. The van der Waals surface area contributed by atoms with Crippen molar-refractivity contribution in [1.82, 2.24) is 10.2 Å². The van der Waals surface area contributed by atoms with E-state index >= 15 is 0 Å². The van der Waals surface area contributed by atoms with Crippen molar-refractivity contribution in [2.45, 2.75) is 39.8 Å². The Morgan fingerprint density at radius 3 is 2.40 bits per heavy atom. The van der Waals surface area contributed by atoms with E-state index in [0.29, 0.717) is 12.3 Å². The number of para-hydroxylation sites is 1. The van der Waals surface area contributed by atoms with Crippen molar-refractivity contribution in [2.24, 2.45) is 0 Å². The molecule has 0 spiro atoms. The average molecular weight is 338 g/mol. The van der Waals surface area contributed by atoms with E-state index in [-0.39, 0.29) is 0 Å². The van der Waals surface area contributed by atoms with Gasteiger partial charge in [0.25, 0.3) is 0 Å². The van der Waals surface area contributed by atoms with Gasteiger partial charge in [0.2, 0.25) is 0 Å². The Morgan fingerprint density at radius 1 is 1.04 bits per heavy atom. The minimum atomic E-state index is -0.414. The van der Waals surface area contributed by atoms with Crippen molar-refractivity contribution in [1.29, 1.82) is 0 Å². The lowest BCUT2D eigenvalue weighted by atomic mass is 10.1. The number of ether oxygens (including phenoxy) is 1. The maximum Gasteiger partial charge on any atom is 0.412 e. The van der Waals surface area contributed by atoms with Gasteiger partial charge in [0.15, 0.2) is 0 Å². The lowest BCUT2D eigenvalue weighted by Crippen LogP contribution is -2.27. The summed E-state index contributed by atoms with van der Waals surface area (Å²) in [4.78, 5) is 14.6. The fourth-order valence-electron chi connectivity index (χ4n) is 3.30. The molecule has 25 heavy (non-hydrogen) atoms. The maximum absolute atomic E-state index is 12.1. The molecule has 1 saturated heterocycles. The summed E-state index contributed by atoms with van der Waals surface area (Å²) < 4.78 is 5.48. The van der Waals surface area contributed by atoms with Crippen LogP contribution in [-0.2, 0) is 13.1 Å². The lowest BCUT2D eigenvalue weighted by molar-refractivity contribution is 0.199. The number of nitrogens with zero attached hydrogens (tertiary/aromatic N) is 1. The second kappa shape index (κ2) is 8.17. The van der Waals surface area contributed by atoms with Crippen molar-refractivity contribution in [3.63, 3.8) is 0 Å². The van der Waals surface area contributed by atoms with E-state index in [2.05, 4.69) is 28.4 Å². The molecule has 4 heteroatoms. The number of hydrogen-bond donors (Lipinski definition) is 1. The van der Waals surface area contributed by atoms with Gasteiger partial charge in [-0.05, 0) is 62.0 Å². The van der Waals surface area contributed by atoms with Crippen molar-refractivity contribution in [3.05, 3.63) is 64.7 Å². The van der Waals surface area contributed by atoms with Crippen LogP contribution in [0.3, 0.4) is 0 Å². The third kappa shape index (κ3) is 4.83. The van der Waals surface area contributed by atoms with Gasteiger partial charge in [0.1, 0.15) is 5.75 Å². The number of rotatable bonds is 5. The highest BCUT2D eigenvalue weighted by Crippen LogP contribution is 2.22. The minimum Gasteiger partial charge on any atom is -0.410 e. The fraction of sp³-hybridized carbons (Fsp3) is 0.381. The molecule has 0 saturated carbocycles. The molecule has 1 N–H and O–H groups in total. The van der Waals surface area contributed by atoms with Gasteiger partial charge in [-0.15, -0.1) is 0 Å². The summed E-state index contributed by atoms with van der Waals surface area (Å²) in [7, 11) is 0. The Labute approximate surface area is 149 Å². The summed E-state index contributed by atoms with van der Waals surface area (Å²) >= 11 is 0. The van der Waals surface area contributed by atoms with Gasteiger partial charge >= 0.3 is 6.09 Å². The lowest BCUT2D eigenvalue weighted by Gasteiger charge is -2.15. The number of amides is 1. The molecule has 1 aliphatic heterocycles. The van der Waals surface area contributed by atoms with Gasteiger partial charge in [0.05, 0.1) is 0 Å². The van der Waals surface area contributed by atoms with Crippen LogP contribution in [0.15, 0.2) is 42.5 Å². The normalized spacial score (nSPS) is 14.5. The molecule has 1 aliphatic rings. The predicted molar refractivity (Wildman–Crippen MR) is 99.7 cm³/mol. The molecule has 0 unspecified atom stereocenters. The first-order valence-electron chi connectivity index (χ1n) is 8.94. The van der Waals surface area contributed by atoms with Gasteiger partial charge in [-0.3, -0.25) is 4.90 Å². The highest BCUT2D eigenvalue weighted by molar-refractivity contribution is 5.71. The minimum absolute atomic E-state index is 0.414. The Morgan fingerprint density at radius 2 is 1.68 bits per heavy atom. The number of benzene rings is 2. The molecule has 0 radical (unpaired) electrons. The number of nitrogens with one attached hydrogen (secondary N) is 1. The summed E-state index contributed by atoms with van der Waals surface area (Å²) in [6.07, 6.45) is 2.18. The Hall–Kier alpha value is -2.33. The van der Waals surface area contributed by atoms with Crippen LogP contribution in [-0.4, -0.2) is 24.1 Å². The standard InChI is InChI=1S/C21H26N2O2/c1-16-7-5-8-17(2)20(16)25-21(24)22-14-18-9-6-10-19(13-18)15-23-11-3-4-12-23/h5-10,13H,3-4,11-12,14-15H2,1-2H3,(H,22,24). The van der Waals surface area contributed by atoms with Gasteiger partial charge in [-0.2, -0.15) is 0 Å². The molecule has 1 amide bonds. The fourth-order valence-corrected chi connectivity index (χ4v) is 3.30. The maximum atomic E-state index is 12.1. The molecule has 0 aromatic heterocycles. The summed E-state index contributed by atoms with van der Waals surface area (Å²) in [6.45, 7) is 7.71. The Bertz CT molecular complexity index is 716. The molecule has 4 nitrogen and oxygen atoms in total. The number of likely N-dealkylation sites (tertiary alicyclic amines) is 1. The summed E-state index contributed by atoms with van der Waals surface area (Å²) in [5.41, 5.74) is 4.31. The second-order valence-corrected chi connectivity index (χ2v) is 6.77. The van der Waals surface area contributed by atoms with Crippen molar-refractivity contribution in [2.75, 3.05) is 13.1 Å². The molecule has 1 fully saturated rings. The van der Waals surface area contributed by atoms with E-state index < -0.39 is 6.09 Å². The van der Waals surface area contributed by atoms with Crippen molar-refractivity contribution < 1.29 is 9.53 Å². The van der Waals surface area contributed by atoms with Crippen LogP contribution >= 0.6 is 0 Å². The molecule has 0 aliphatic carbocycles. The monoisotopic (exact) mass is 338 g/mol. The van der Waals surface area contributed by atoms with Gasteiger partial charge in [0, 0.05) is 13.1 Å². The zero-order valence-electron chi connectivity index (χ0n) is 15.0. The van der Waals surface area contributed by atoms with Gasteiger partial charge in [-0.25, -0.2) is 4.79 Å². The van der Waals surface area contributed by atoms with E-state index in [1.807, 2.05) is 38.1 Å². The average Bonchev–Trinajstić information content (AvgIpc) is 3.10. The molecule has 0 atom stereocenters. The van der Waals surface area contributed by atoms with Crippen LogP contribution in [0.2, 0.25) is 0 Å². The van der Waals surface area contributed by atoms with Crippen LogP contribution in [0.4, 0.5) is 4.79 Å². The molecule has 3 rings (SSSR count). The topological polar surface area (TPSA) is 41.6 Å². The van der Waals surface area contributed by atoms with Crippen LogP contribution < -0.4 is 10.1 Å². The highest BCUT2D eigenvalue weighted by atomic mass is 16.6. The predicted octanol–water partition coefficient (Wildman–Crippen LogP) is 4.19. The third-order valence-electron chi connectivity index (χ3n) is 4.64. The molecule has 0 bridgehead atoms. The Balaban J connectivity index is 1.55. The third-order valence-corrected chi connectivity index (χ3v) is 4.64. The first kappa shape index (κ1) is 17.5. The summed E-state index contributed by atoms with van der Waals surface area (Å²) in [6, 6.07) is 14.2. The zero-order valence-corrected chi connectivity index (χ0v) is 15.0. The van der Waals surface area contributed by atoms with E-state index in [1.165, 1.54) is 31.5 Å². The van der Waals surface area contributed by atoms with Crippen LogP contribution in [0.1, 0.15) is 35.1 Å². The number of hydrogen-bond acceptors (Lipinski definition) is 3. The van der Waals surface area contributed by atoms with Crippen LogP contribution in [0, 0.1) is 13.8 Å². The van der Waals surface area contributed by atoms with E-state index in [4.69, 9.17) is 4.74 Å². The zero-order chi connectivity index (χ0) is 17.6. The van der Waals surface area contributed by atoms with E-state index in [1.54, 1.807) is 0 Å². The first-order valence-corrected chi connectivity index (χ1v) is 8.94. The highest BCUT2D eigenvalue weighted by Gasteiger charge is 2.12. The summed E-state index contributed by atoms with van der Waals surface area (Å²) in [5.74, 6) is 0.641. The van der Waals surface area contributed by atoms with E-state index in [9.17, 15) is 4.79 Å². The molecular weight excluding hydrogens is 312 g/mol. The largest absolute Gasteiger partial charge is 0.412 e. The number of carbonyl (C=O) groups excluding carboxylic acids is 1. The number of carbonyl (C=O) groups is 1. The second-order valence-electron chi connectivity index (χ2n) is 6.77. The smallest absolute Gasteiger partial charge is 0.410 e. The summed E-state index contributed by atoms with van der Waals surface area (Å²) in [5, 5.41) is 2.85. The molecule has 2 aromatic carbocycles.